The van der Waals surface area contributed by atoms with Gasteiger partial charge in [-0.25, -0.2) is 9.18 Å². The minimum atomic E-state index is -0.552. The number of ether oxygens (including phenoxy) is 1. The SMILES string of the molecule is O=C(N[C@H]1CCc2c(C(=O)Nc3ccc(F)c(Cl)c3)cccc21)OCc1ccccn1. The lowest BCUT2D eigenvalue weighted by Gasteiger charge is -2.15. The third-order valence-corrected chi connectivity index (χ3v) is 5.35. The van der Waals surface area contributed by atoms with Crippen LogP contribution in [0.2, 0.25) is 5.02 Å². The van der Waals surface area contributed by atoms with Gasteiger partial charge in [0.2, 0.25) is 0 Å². The van der Waals surface area contributed by atoms with Crippen molar-refractivity contribution in [1.29, 1.82) is 0 Å². The van der Waals surface area contributed by atoms with E-state index >= 15 is 0 Å². The van der Waals surface area contributed by atoms with Gasteiger partial charge in [0.15, 0.2) is 0 Å². The average Bonchev–Trinajstić information content (AvgIpc) is 3.18. The van der Waals surface area contributed by atoms with E-state index in [1.807, 2.05) is 12.1 Å². The molecule has 0 saturated heterocycles. The maximum absolute atomic E-state index is 13.3. The summed E-state index contributed by atoms with van der Waals surface area (Å²) in [5.74, 6) is -0.873. The summed E-state index contributed by atoms with van der Waals surface area (Å²) in [6.45, 7) is 0.0783. The summed E-state index contributed by atoms with van der Waals surface area (Å²) in [7, 11) is 0. The standard InChI is InChI=1S/C23H19ClFN3O3/c24-19-12-14(7-9-20(19)25)27-22(29)18-6-3-5-17-16(18)8-10-21(17)28-23(30)31-13-15-4-1-2-11-26-15/h1-7,9,11-12,21H,8,10,13H2,(H,27,29)(H,28,30)/t21-/m0/s1. The number of hydrogen-bond donors (Lipinski definition) is 2. The second-order valence-electron chi connectivity index (χ2n) is 7.09. The Labute approximate surface area is 183 Å². The molecule has 2 amide bonds. The number of fused-ring (bicyclic) bond motifs is 1. The van der Waals surface area contributed by atoms with E-state index in [-0.39, 0.29) is 23.6 Å². The molecular formula is C23H19ClFN3O3. The van der Waals surface area contributed by atoms with Crippen LogP contribution in [0, 0.1) is 5.82 Å². The fourth-order valence-electron chi connectivity index (χ4n) is 3.60. The van der Waals surface area contributed by atoms with E-state index in [1.54, 1.807) is 30.5 Å². The smallest absolute Gasteiger partial charge is 0.408 e. The number of carbonyl (C=O) groups is 2. The van der Waals surface area contributed by atoms with E-state index in [4.69, 9.17) is 16.3 Å². The van der Waals surface area contributed by atoms with Gasteiger partial charge in [0.1, 0.15) is 12.4 Å². The van der Waals surface area contributed by atoms with E-state index in [9.17, 15) is 14.0 Å². The molecule has 0 unspecified atom stereocenters. The van der Waals surface area contributed by atoms with Gasteiger partial charge < -0.3 is 15.4 Å². The van der Waals surface area contributed by atoms with E-state index in [1.165, 1.54) is 18.2 Å². The van der Waals surface area contributed by atoms with Crippen LogP contribution < -0.4 is 10.6 Å². The molecule has 0 saturated carbocycles. The number of pyridine rings is 1. The summed E-state index contributed by atoms with van der Waals surface area (Å²) in [5.41, 5.74) is 3.30. The lowest BCUT2D eigenvalue weighted by atomic mass is 10.0. The number of amides is 2. The van der Waals surface area contributed by atoms with E-state index < -0.39 is 11.9 Å². The van der Waals surface area contributed by atoms with Gasteiger partial charge in [-0.3, -0.25) is 9.78 Å². The highest BCUT2D eigenvalue weighted by atomic mass is 35.5. The van der Waals surface area contributed by atoms with Crippen molar-refractivity contribution in [2.24, 2.45) is 0 Å². The van der Waals surface area contributed by atoms with Gasteiger partial charge in [0, 0.05) is 17.4 Å². The van der Waals surface area contributed by atoms with Crippen LogP contribution in [0.15, 0.2) is 60.8 Å². The lowest BCUT2D eigenvalue weighted by Crippen LogP contribution is -2.28. The summed E-state index contributed by atoms with van der Waals surface area (Å²) in [6, 6.07) is 14.5. The number of carbonyl (C=O) groups excluding carboxylic acids is 2. The second kappa shape index (κ2) is 9.14. The molecule has 0 aliphatic heterocycles. The summed E-state index contributed by atoms with van der Waals surface area (Å²) in [6.07, 6.45) is 2.38. The van der Waals surface area contributed by atoms with Gasteiger partial charge >= 0.3 is 6.09 Å². The Hall–Kier alpha value is -3.45. The average molecular weight is 440 g/mol. The van der Waals surface area contributed by atoms with Gasteiger partial charge in [-0.2, -0.15) is 0 Å². The number of benzene rings is 2. The Balaban J connectivity index is 1.43. The van der Waals surface area contributed by atoms with E-state index in [2.05, 4.69) is 15.6 Å². The van der Waals surface area contributed by atoms with Crippen molar-refractivity contribution in [2.75, 3.05) is 5.32 Å². The third-order valence-electron chi connectivity index (χ3n) is 5.06. The van der Waals surface area contributed by atoms with Crippen LogP contribution in [0.5, 0.6) is 0 Å². The molecule has 1 aliphatic rings. The van der Waals surface area contributed by atoms with Crippen molar-refractivity contribution < 1.29 is 18.7 Å². The van der Waals surface area contributed by atoms with Crippen LogP contribution in [0.3, 0.4) is 0 Å². The first kappa shape index (κ1) is 20.8. The quantitative estimate of drug-likeness (QED) is 0.583. The van der Waals surface area contributed by atoms with Crippen molar-refractivity contribution in [3.8, 4) is 0 Å². The van der Waals surface area contributed by atoms with Gasteiger partial charge in [-0.05, 0) is 60.4 Å². The molecule has 0 bridgehead atoms. The second-order valence-corrected chi connectivity index (χ2v) is 7.50. The van der Waals surface area contributed by atoms with Gasteiger partial charge in [-0.1, -0.05) is 29.8 Å². The largest absolute Gasteiger partial charge is 0.443 e. The van der Waals surface area contributed by atoms with Crippen LogP contribution in [-0.2, 0) is 17.8 Å². The predicted molar refractivity (Wildman–Crippen MR) is 114 cm³/mol. The zero-order valence-corrected chi connectivity index (χ0v) is 17.2. The molecule has 0 fully saturated rings. The summed E-state index contributed by atoms with van der Waals surface area (Å²) in [4.78, 5) is 29.1. The summed E-state index contributed by atoms with van der Waals surface area (Å²) in [5, 5.41) is 5.53. The molecule has 0 spiro atoms. The lowest BCUT2D eigenvalue weighted by molar-refractivity contribution is 0.102. The molecule has 1 aromatic heterocycles. The van der Waals surface area contributed by atoms with Crippen molar-refractivity contribution in [2.45, 2.75) is 25.5 Å². The topological polar surface area (TPSA) is 80.3 Å². The van der Waals surface area contributed by atoms with Crippen LogP contribution in [0.1, 0.15) is 39.6 Å². The van der Waals surface area contributed by atoms with Crippen LogP contribution in [0.4, 0.5) is 14.9 Å². The minimum absolute atomic E-state index is 0.0652. The Morgan fingerprint density at radius 1 is 1.16 bits per heavy atom. The predicted octanol–water partition coefficient (Wildman–Crippen LogP) is 5.04. The first-order valence-corrected chi connectivity index (χ1v) is 10.1. The number of rotatable bonds is 5. The molecule has 1 aliphatic carbocycles. The highest BCUT2D eigenvalue weighted by Gasteiger charge is 2.28. The van der Waals surface area contributed by atoms with Gasteiger partial charge in [-0.15, -0.1) is 0 Å². The number of halogens is 2. The normalized spacial score (nSPS) is 14.6. The van der Waals surface area contributed by atoms with Crippen LogP contribution in [-0.4, -0.2) is 17.0 Å². The molecule has 2 aromatic carbocycles. The Kier molecular flexibility index (Phi) is 6.13. The van der Waals surface area contributed by atoms with Crippen LogP contribution >= 0.6 is 11.6 Å². The number of aromatic nitrogens is 1. The fourth-order valence-corrected chi connectivity index (χ4v) is 3.78. The highest BCUT2D eigenvalue weighted by molar-refractivity contribution is 6.31. The van der Waals surface area contributed by atoms with Crippen molar-refractivity contribution >= 4 is 29.3 Å². The first-order valence-electron chi connectivity index (χ1n) is 9.72. The summed E-state index contributed by atoms with van der Waals surface area (Å²) >= 11 is 5.79. The van der Waals surface area contributed by atoms with E-state index in [0.717, 1.165) is 11.1 Å². The maximum atomic E-state index is 13.3. The molecule has 8 heteroatoms. The van der Waals surface area contributed by atoms with Crippen LogP contribution in [0.25, 0.3) is 0 Å². The first-order chi connectivity index (χ1) is 15.0. The van der Waals surface area contributed by atoms with Crippen molar-refractivity contribution in [3.05, 3.63) is 94.0 Å². The molecule has 31 heavy (non-hydrogen) atoms. The molecule has 4 rings (SSSR count). The van der Waals surface area contributed by atoms with Crippen molar-refractivity contribution in [1.82, 2.24) is 10.3 Å². The minimum Gasteiger partial charge on any atom is -0.443 e. The zero-order valence-electron chi connectivity index (χ0n) is 16.4. The Bertz CT molecular complexity index is 1120. The molecule has 0 radical (unpaired) electrons. The number of hydrogen-bond acceptors (Lipinski definition) is 4. The molecule has 1 heterocycles. The number of nitrogens with one attached hydrogen (secondary N) is 2. The molecular weight excluding hydrogens is 421 g/mol. The molecule has 2 N–H and O–H groups in total. The third kappa shape index (κ3) is 4.83. The number of nitrogens with zero attached hydrogens (tertiary/aromatic N) is 1. The molecule has 3 aromatic rings. The summed E-state index contributed by atoms with van der Waals surface area (Å²) < 4.78 is 18.6. The van der Waals surface area contributed by atoms with Crippen molar-refractivity contribution in [3.63, 3.8) is 0 Å². The maximum Gasteiger partial charge on any atom is 0.408 e. The number of anilines is 1. The van der Waals surface area contributed by atoms with E-state index in [0.29, 0.717) is 29.8 Å². The van der Waals surface area contributed by atoms with Gasteiger partial charge in [0.25, 0.3) is 5.91 Å². The monoisotopic (exact) mass is 439 g/mol. The molecule has 1 atom stereocenters. The highest BCUT2D eigenvalue weighted by Crippen LogP contribution is 2.34. The fraction of sp³-hybridized carbons (Fsp3) is 0.174. The zero-order chi connectivity index (χ0) is 21.8. The Morgan fingerprint density at radius 2 is 2.03 bits per heavy atom. The molecule has 158 valence electrons. The molecule has 6 nitrogen and oxygen atoms in total. The number of alkyl carbamates (subject to hydrolysis) is 1. The van der Waals surface area contributed by atoms with Gasteiger partial charge in [0.05, 0.1) is 16.8 Å². The Morgan fingerprint density at radius 3 is 2.81 bits per heavy atom.